The molecule has 1 aliphatic heterocycles. The van der Waals surface area contributed by atoms with Crippen molar-refractivity contribution in [1.29, 1.82) is 0 Å². The number of hydrogen-bond acceptors (Lipinski definition) is 5. The van der Waals surface area contributed by atoms with Crippen LogP contribution in [0.25, 0.3) is 0 Å². The molecule has 1 saturated heterocycles. The van der Waals surface area contributed by atoms with E-state index in [0.717, 1.165) is 25.5 Å². The summed E-state index contributed by atoms with van der Waals surface area (Å²) in [5.41, 5.74) is 11.7. The minimum absolute atomic E-state index is 0.338. The standard InChI is InChI=1S/C9H14N4O/c10-7-1-2-8(13-9(7)11)12-6-3-4-14-5-6/h1-2,6H,3-5,10H2,(H3,11,12,13). The van der Waals surface area contributed by atoms with E-state index in [1.807, 2.05) is 6.07 Å². The molecule has 14 heavy (non-hydrogen) atoms. The third kappa shape index (κ3) is 1.88. The van der Waals surface area contributed by atoms with Crippen molar-refractivity contribution in [3.8, 4) is 0 Å². The molecule has 0 aliphatic carbocycles. The van der Waals surface area contributed by atoms with Crippen LogP contribution in [-0.4, -0.2) is 24.2 Å². The number of nitrogen functional groups attached to an aromatic ring is 2. The molecular weight excluding hydrogens is 180 g/mol. The molecule has 1 fully saturated rings. The molecule has 5 nitrogen and oxygen atoms in total. The van der Waals surface area contributed by atoms with Crippen molar-refractivity contribution in [3.05, 3.63) is 12.1 Å². The number of aromatic nitrogens is 1. The average molecular weight is 194 g/mol. The Hall–Kier alpha value is -1.49. The van der Waals surface area contributed by atoms with E-state index in [-0.39, 0.29) is 0 Å². The van der Waals surface area contributed by atoms with Crippen LogP contribution in [0.4, 0.5) is 17.3 Å². The fourth-order valence-electron chi connectivity index (χ4n) is 1.42. The molecule has 0 saturated carbocycles. The minimum atomic E-state index is 0.338. The Morgan fingerprint density at radius 3 is 2.93 bits per heavy atom. The number of nitrogens with two attached hydrogens (primary N) is 2. The van der Waals surface area contributed by atoms with Gasteiger partial charge in [-0.2, -0.15) is 0 Å². The minimum Gasteiger partial charge on any atom is -0.396 e. The molecule has 2 rings (SSSR count). The molecule has 1 atom stereocenters. The summed E-state index contributed by atoms with van der Waals surface area (Å²) in [4.78, 5) is 4.12. The van der Waals surface area contributed by atoms with Crippen molar-refractivity contribution < 1.29 is 4.74 Å². The van der Waals surface area contributed by atoms with Crippen LogP contribution in [0.2, 0.25) is 0 Å². The third-order valence-corrected chi connectivity index (χ3v) is 2.24. The lowest BCUT2D eigenvalue weighted by atomic mass is 10.2. The van der Waals surface area contributed by atoms with Crippen molar-refractivity contribution in [1.82, 2.24) is 4.98 Å². The zero-order valence-electron chi connectivity index (χ0n) is 7.86. The number of hydrogen-bond donors (Lipinski definition) is 3. The van der Waals surface area contributed by atoms with Gasteiger partial charge in [0.2, 0.25) is 0 Å². The van der Waals surface area contributed by atoms with Crippen molar-refractivity contribution in [2.75, 3.05) is 30.0 Å². The monoisotopic (exact) mass is 194 g/mol. The summed E-state index contributed by atoms with van der Waals surface area (Å²) >= 11 is 0. The van der Waals surface area contributed by atoms with Crippen molar-refractivity contribution in [3.63, 3.8) is 0 Å². The fraction of sp³-hybridized carbons (Fsp3) is 0.444. The van der Waals surface area contributed by atoms with Gasteiger partial charge in [-0.15, -0.1) is 0 Å². The van der Waals surface area contributed by atoms with E-state index < -0.39 is 0 Å². The first-order chi connectivity index (χ1) is 6.75. The summed E-state index contributed by atoms with van der Waals surface area (Å²) in [5.74, 6) is 1.13. The van der Waals surface area contributed by atoms with Gasteiger partial charge in [0.05, 0.1) is 18.3 Å². The molecule has 0 aromatic carbocycles. The van der Waals surface area contributed by atoms with Crippen LogP contribution in [0.15, 0.2) is 12.1 Å². The lowest BCUT2D eigenvalue weighted by Crippen LogP contribution is -2.20. The average Bonchev–Trinajstić information content (AvgIpc) is 2.64. The van der Waals surface area contributed by atoms with Gasteiger partial charge in [0.25, 0.3) is 0 Å². The van der Waals surface area contributed by atoms with E-state index in [1.165, 1.54) is 0 Å². The first-order valence-electron chi connectivity index (χ1n) is 4.62. The number of rotatable bonds is 2. The second-order valence-electron chi connectivity index (χ2n) is 3.38. The van der Waals surface area contributed by atoms with Gasteiger partial charge in [-0.1, -0.05) is 0 Å². The predicted octanol–water partition coefficient (Wildman–Crippen LogP) is 0.447. The van der Waals surface area contributed by atoms with Gasteiger partial charge < -0.3 is 21.5 Å². The molecule has 2 heterocycles. The van der Waals surface area contributed by atoms with Crippen LogP contribution in [0.3, 0.4) is 0 Å². The summed E-state index contributed by atoms with van der Waals surface area (Å²) in [5, 5.41) is 3.24. The van der Waals surface area contributed by atoms with E-state index in [2.05, 4.69) is 10.3 Å². The van der Waals surface area contributed by atoms with Crippen LogP contribution in [-0.2, 0) is 4.74 Å². The number of anilines is 3. The molecule has 0 spiro atoms. The molecule has 1 aromatic rings. The smallest absolute Gasteiger partial charge is 0.149 e. The quantitative estimate of drug-likeness (QED) is 0.636. The highest BCUT2D eigenvalue weighted by atomic mass is 16.5. The summed E-state index contributed by atoms with van der Waals surface area (Å²) in [6.07, 6.45) is 1.01. The maximum absolute atomic E-state index is 5.59. The maximum Gasteiger partial charge on any atom is 0.149 e. The zero-order valence-corrected chi connectivity index (χ0v) is 7.86. The topological polar surface area (TPSA) is 86.2 Å². The highest BCUT2D eigenvalue weighted by Gasteiger charge is 2.15. The van der Waals surface area contributed by atoms with Crippen LogP contribution in [0.5, 0.6) is 0 Å². The Balaban J connectivity index is 2.05. The normalized spacial score (nSPS) is 21.0. The molecule has 76 valence electrons. The number of pyridine rings is 1. The molecule has 1 aliphatic rings. The van der Waals surface area contributed by atoms with Gasteiger partial charge in [0.15, 0.2) is 0 Å². The summed E-state index contributed by atoms with van der Waals surface area (Å²) in [7, 11) is 0. The van der Waals surface area contributed by atoms with E-state index >= 15 is 0 Å². The molecule has 5 N–H and O–H groups in total. The number of nitrogens with zero attached hydrogens (tertiary/aromatic N) is 1. The Morgan fingerprint density at radius 1 is 1.43 bits per heavy atom. The first kappa shape index (κ1) is 9.08. The van der Waals surface area contributed by atoms with E-state index in [0.29, 0.717) is 17.5 Å². The van der Waals surface area contributed by atoms with Gasteiger partial charge in [0.1, 0.15) is 11.6 Å². The zero-order chi connectivity index (χ0) is 9.97. The van der Waals surface area contributed by atoms with E-state index in [9.17, 15) is 0 Å². The van der Waals surface area contributed by atoms with Gasteiger partial charge >= 0.3 is 0 Å². The second-order valence-corrected chi connectivity index (χ2v) is 3.38. The molecule has 5 heteroatoms. The van der Waals surface area contributed by atoms with E-state index in [4.69, 9.17) is 16.2 Å². The third-order valence-electron chi connectivity index (χ3n) is 2.24. The number of nitrogens with one attached hydrogen (secondary N) is 1. The number of ether oxygens (including phenoxy) is 1. The van der Waals surface area contributed by atoms with Crippen LogP contribution >= 0.6 is 0 Å². The van der Waals surface area contributed by atoms with Gasteiger partial charge in [0, 0.05) is 6.61 Å². The highest BCUT2D eigenvalue weighted by Crippen LogP contribution is 2.17. The molecule has 1 unspecified atom stereocenters. The SMILES string of the molecule is Nc1ccc(NC2CCOC2)nc1N. The van der Waals surface area contributed by atoms with Crippen LogP contribution in [0.1, 0.15) is 6.42 Å². The van der Waals surface area contributed by atoms with Crippen LogP contribution < -0.4 is 16.8 Å². The Labute approximate surface area is 82.4 Å². The summed E-state index contributed by atoms with van der Waals surface area (Å²) in [6, 6.07) is 3.91. The van der Waals surface area contributed by atoms with Crippen molar-refractivity contribution in [2.24, 2.45) is 0 Å². The lowest BCUT2D eigenvalue weighted by molar-refractivity contribution is 0.195. The van der Waals surface area contributed by atoms with Gasteiger partial charge in [-0.3, -0.25) is 0 Å². The molecule has 1 aromatic heterocycles. The largest absolute Gasteiger partial charge is 0.396 e. The summed E-state index contributed by atoms with van der Waals surface area (Å²) < 4.78 is 5.24. The Bertz CT molecular complexity index is 323. The first-order valence-corrected chi connectivity index (χ1v) is 4.62. The van der Waals surface area contributed by atoms with Crippen LogP contribution in [0, 0.1) is 0 Å². The molecule has 0 amide bonds. The molecular formula is C9H14N4O. The highest BCUT2D eigenvalue weighted by molar-refractivity contribution is 5.61. The molecule has 0 radical (unpaired) electrons. The predicted molar refractivity (Wildman–Crippen MR) is 55.9 cm³/mol. The lowest BCUT2D eigenvalue weighted by Gasteiger charge is -2.11. The Kier molecular flexibility index (Phi) is 2.41. The fourth-order valence-corrected chi connectivity index (χ4v) is 1.42. The van der Waals surface area contributed by atoms with E-state index in [1.54, 1.807) is 6.07 Å². The van der Waals surface area contributed by atoms with Gasteiger partial charge in [-0.05, 0) is 18.6 Å². The summed E-state index contributed by atoms with van der Waals surface area (Å²) in [6.45, 7) is 1.54. The maximum atomic E-state index is 5.59. The molecule has 0 bridgehead atoms. The van der Waals surface area contributed by atoms with Crippen molar-refractivity contribution in [2.45, 2.75) is 12.5 Å². The Morgan fingerprint density at radius 2 is 2.29 bits per heavy atom. The second kappa shape index (κ2) is 3.71. The van der Waals surface area contributed by atoms with Crippen molar-refractivity contribution >= 4 is 17.3 Å². The van der Waals surface area contributed by atoms with Gasteiger partial charge in [-0.25, -0.2) is 4.98 Å².